The van der Waals surface area contributed by atoms with Crippen LogP contribution in [0.5, 0.6) is 0 Å². The molecular weight excluding hydrogens is 148 g/mol. The average molecular weight is 164 g/mol. The Bertz CT molecular complexity index is 237. The number of hydrogen-bond acceptors (Lipinski definition) is 1. The third kappa shape index (κ3) is 0.501. The van der Waals surface area contributed by atoms with Crippen LogP contribution in [0.15, 0.2) is 0 Å². The van der Waals surface area contributed by atoms with E-state index in [4.69, 9.17) is 4.74 Å². The highest BCUT2D eigenvalue weighted by Gasteiger charge is 2.71. The quantitative estimate of drug-likeness (QED) is 0.575. The predicted molar refractivity (Wildman–Crippen MR) is 45.6 cm³/mol. The smallest absolute Gasteiger partial charge is 0.0630 e. The maximum absolute atomic E-state index is 5.67. The largest absolute Gasteiger partial charge is 0.381 e. The number of ether oxygens (including phenoxy) is 1. The normalized spacial score (nSPS) is 70.2. The molecule has 0 aromatic heterocycles. The number of hydrogen-bond donors (Lipinski definition) is 0. The van der Waals surface area contributed by atoms with E-state index in [1.807, 2.05) is 7.11 Å². The monoisotopic (exact) mass is 164 g/mol. The van der Waals surface area contributed by atoms with Crippen molar-refractivity contribution in [1.29, 1.82) is 0 Å². The molecule has 5 fully saturated rings. The molecule has 5 rings (SSSR count). The molecule has 5 saturated carbocycles. The van der Waals surface area contributed by atoms with Crippen LogP contribution in [-0.4, -0.2) is 13.2 Å². The SMILES string of the molecule is COC1C2CC3CC1C1C(C2)C31. The third-order valence-corrected chi connectivity index (χ3v) is 5.25. The first-order valence-electron chi connectivity index (χ1n) is 5.43. The van der Waals surface area contributed by atoms with Gasteiger partial charge in [0.2, 0.25) is 0 Å². The molecule has 66 valence electrons. The first kappa shape index (κ1) is 6.42. The van der Waals surface area contributed by atoms with Gasteiger partial charge in [-0.15, -0.1) is 0 Å². The molecule has 5 aliphatic rings. The van der Waals surface area contributed by atoms with Crippen molar-refractivity contribution < 1.29 is 4.74 Å². The van der Waals surface area contributed by atoms with Crippen molar-refractivity contribution in [3.63, 3.8) is 0 Å². The summed E-state index contributed by atoms with van der Waals surface area (Å²) in [6.07, 6.45) is 5.20. The van der Waals surface area contributed by atoms with Gasteiger partial charge in [0.15, 0.2) is 0 Å². The van der Waals surface area contributed by atoms with Gasteiger partial charge in [-0.1, -0.05) is 0 Å². The van der Waals surface area contributed by atoms with E-state index in [-0.39, 0.29) is 0 Å². The van der Waals surface area contributed by atoms with Crippen molar-refractivity contribution in [1.82, 2.24) is 0 Å². The summed E-state index contributed by atoms with van der Waals surface area (Å²) in [5.74, 6) is 6.54. The van der Waals surface area contributed by atoms with E-state index in [9.17, 15) is 0 Å². The van der Waals surface area contributed by atoms with E-state index in [0.717, 1.165) is 23.7 Å². The minimum absolute atomic E-state index is 0.662. The van der Waals surface area contributed by atoms with Gasteiger partial charge in [-0.2, -0.15) is 0 Å². The molecule has 0 heterocycles. The highest BCUT2D eigenvalue weighted by atomic mass is 16.5. The Labute approximate surface area is 73.5 Å². The molecule has 12 heavy (non-hydrogen) atoms. The predicted octanol–water partition coefficient (Wildman–Crippen LogP) is 1.92. The van der Waals surface area contributed by atoms with Gasteiger partial charge < -0.3 is 4.74 Å². The fourth-order valence-corrected chi connectivity index (χ4v) is 5.10. The van der Waals surface area contributed by atoms with Gasteiger partial charge in [0, 0.05) is 7.11 Å². The van der Waals surface area contributed by atoms with Gasteiger partial charge in [-0.05, 0) is 54.8 Å². The van der Waals surface area contributed by atoms with Gasteiger partial charge in [0.1, 0.15) is 0 Å². The van der Waals surface area contributed by atoms with E-state index in [2.05, 4.69) is 0 Å². The lowest BCUT2D eigenvalue weighted by atomic mass is 9.66. The maximum atomic E-state index is 5.67. The zero-order valence-corrected chi connectivity index (χ0v) is 7.57. The van der Waals surface area contributed by atoms with Gasteiger partial charge >= 0.3 is 0 Å². The van der Waals surface area contributed by atoms with Crippen molar-refractivity contribution in [2.24, 2.45) is 35.5 Å². The summed E-state index contributed by atoms with van der Waals surface area (Å²) in [5.41, 5.74) is 0. The lowest BCUT2D eigenvalue weighted by Gasteiger charge is -2.43. The van der Waals surface area contributed by atoms with Crippen molar-refractivity contribution in [2.45, 2.75) is 25.4 Å². The summed E-state index contributed by atoms with van der Waals surface area (Å²) < 4.78 is 5.67. The van der Waals surface area contributed by atoms with Crippen LogP contribution >= 0.6 is 0 Å². The number of rotatable bonds is 1. The van der Waals surface area contributed by atoms with E-state index in [0.29, 0.717) is 6.10 Å². The lowest BCUT2D eigenvalue weighted by molar-refractivity contribution is -0.0611. The highest BCUT2D eigenvalue weighted by Crippen LogP contribution is 2.75. The Morgan fingerprint density at radius 3 is 2.50 bits per heavy atom. The molecule has 0 aromatic carbocycles. The van der Waals surface area contributed by atoms with Crippen LogP contribution in [0, 0.1) is 35.5 Å². The second-order valence-electron chi connectivity index (χ2n) is 5.41. The van der Waals surface area contributed by atoms with Gasteiger partial charge in [0.05, 0.1) is 6.10 Å². The van der Waals surface area contributed by atoms with Crippen LogP contribution in [0.3, 0.4) is 0 Å². The molecule has 1 nitrogen and oxygen atoms in total. The first-order chi connectivity index (χ1) is 5.90. The molecule has 0 spiro atoms. The fraction of sp³-hybridized carbons (Fsp3) is 1.00. The molecule has 0 aliphatic heterocycles. The zero-order valence-electron chi connectivity index (χ0n) is 7.57. The van der Waals surface area contributed by atoms with Crippen LogP contribution in [0.2, 0.25) is 0 Å². The van der Waals surface area contributed by atoms with Crippen molar-refractivity contribution in [3.8, 4) is 0 Å². The molecule has 0 N–H and O–H groups in total. The first-order valence-corrected chi connectivity index (χ1v) is 5.43. The maximum Gasteiger partial charge on any atom is 0.0630 e. The van der Waals surface area contributed by atoms with E-state index < -0.39 is 0 Å². The molecule has 1 heteroatoms. The zero-order chi connectivity index (χ0) is 7.87. The molecule has 4 bridgehead atoms. The Morgan fingerprint density at radius 2 is 1.75 bits per heavy atom. The summed E-state index contributed by atoms with van der Waals surface area (Å²) in [6.45, 7) is 0. The van der Waals surface area contributed by atoms with Crippen molar-refractivity contribution >= 4 is 0 Å². The van der Waals surface area contributed by atoms with Crippen LogP contribution < -0.4 is 0 Å². The van der Waals surface area contributed by atoms with Crippen molar-refractivity contribution in [3.05, 3.63) is 0 Å². The van der Waals surface area contributed by atoms with Gasteiger partial charge in [0.25, 0.3) is 0 Å². The Balaban J connectivity index is 1.78. The lowest BCUT2D eigenvalue weighted by Crippen LogP contribution is -2.42. The van der Waals surface area contributed by atoms with Gasteiger partial charge in [-0.3, -0.25) is 0 Å². The Kier molecular flexibility index (Phi) is 0.934. The second-order valence-corrected chi connectivity index (χ2v) is 5.41. The molecule has 5 aliphatic carbocycles. The average Bonchev–Trinajstić information content (AvgIpc) is 2.70. The topological polar surface area (TPSA) is 9.23 Å². The van der Waals surface area contributed by atoms with Crippen LogP contribution in [0.4, 0.5) is 0 Å². The minimum atomic E-state index is 0.662. The molecule has 7 atom stereocenters. The van der Waals surface area contributed by atoms with Crippen LogP contribution in [-0.2, 0) is 4.74 Å². The van der Waals surface area contributed by atoms with E-state index >= 15 is 0 Å². The van der Waals surface area contributed by atoms with E-state index in [1.54, 1.807) is 0 Å². The van der Waals surface area contributed by atoms with E-state index in [1.165, 1.54) is 31.1 Å². The minimum Gasteiger partial charge on any atom is -0.381 e. The summed E-state index contributed by atoms with van der Waals surface area (Å²) in [5, 5.41) is 0. The molecule has 0 saturated heterocycles. The second kappa shape index (κ2) is 1.75. The summed E-state index contributed by atoms with van der Waals surface area (Å²) in [7, 11) is 1.92. The van der Waals surface area contributed by atoms with Crippen LogP contribution in [0.25, 0.3) is 0 Å². The fourth-order valence-electron chi connectivity index (χ4n) is 5.10. The third-order valence-electron chi connectivity index (χ3n) is 5.25. The molecule has 7 unspecified atom stereocenters. The standard InChI is InChI=1S/C11H16O/c1-12-11-6-2-5-3-8(11)10-7(4-6)9(5)10/h5-11H,2-4H2,1H3. The Morgan fingerprint density at radius 1 is 0.917 bits per heavy atom. The summed E-state index contributed by atoms with van der Waals surface area (Å²) in [4.78, 5) is 0. The summed E-state index contributed by atoms with van der Waals surface area (Å²) in [6, 6.07) is 0. The highest BCUT2D eigenvalue weighted by molar-refractivity contribution is 5.19. The Hall–Kier alpha value is -0.0400. The van der Waals surface area contributed by atoms with Crippen LogP contribution in [0.1, 0.15) is 19.3 Å². The molecule has 0 amide bonds. The molecular formula is C11H16O. The van der Waals surface area contributed by atoms with Gasteiger partial charge in [-0.25, -0.2) is 0 Å². The van der Waals surface area contributed by atoms with Crippen molar-refractivity contribution in [2.75, 3.05) is 7.11 Å². The molecule has 0 radical (unpaired) electrons. The summed E-state index contributed by atoms with van der Waals surface area (Å²) >= 11 is 0. The number of methoxy groups -OCH3 is 1. The molecule has 0 aromatic rings.